The van der Waals surface area contributed by atoms with Gasteiger partial charge in [-0.2, -0.15) is 0 Å². The van der Waals surface area contributed by atoms with Crippen molar-refractivity contribution >= 4 is 35.0 Å². The van der Waals surface area contributed by atoms with Gasteiger partial charge in [0.25, 0.3) is 0 Å². The van der Waals surface area contributed by atoms with Crippen molar-refractivity contribution in [2.75, 3.05) is 85.1 Å². The van der Waals surface area contributed by atoms with Crippen LogP contribution in [0.15, 0.2) is 84.9 Å². The molecule has 1 aliphatic heterocycles. The molecular weight excluding hydrogens is 987 g/mol. The fraction of sp³-hybridized carbons (Fsp3) is 0.475. The minimum Gasteiger partial charge on any atom is -0.449 e. The molecule has 1 aliphatic carbocycles. The average molecular weight is 1060 g/mol. The van der Waals surface area contributed by atoms with Crippen LogP contribution in [0.5, 0.6) is 0 Å². The van der Waals surface area contributed by atoms with Gasteiger partial charge in [0, 0.05) is 119 Å². The first kappa shape index (κ1) is 58.2. The molecule has 1 aromatic heterocycles. The van der Waals surface area contributed by atoms with Crippen molar-refractivity contribution in [1.82, 2.24) is 20.3 Å². The molecule has 0 saturated carbocycles. The highest BCUT2D eigenvalue weighted by molar-refractivity contribution is 6.04. The number of hydrogen-bond acceptors (Lipinski definition) is 15. The molecule has 5 N–H and O–H groups in total. The number of ether oxygens (including phenoxy) is 4. The average Bonchev–Trinajstić information content (AvgIpc) is 4.08. The molecule has 412 valence electrons. The second-order valence-electron chi connectivity index (χ2n) is 19.7. The number of Topliss-reactive ketones (excluding diaryl/α,β-unsaturated/α-hetero) is 3. The molecule has 0 fully saturated rings. The van der Waals surface area contributed by atoms with E-state index in [1.807, 2.05) is 67.6 Å². The number of carbonyl (C=O) groups excluding carboxylic acids is 5. The van der Waals surface area contributed by atoms with Gasteiger partial charge in [-0.1, -0.05) is 71.9 Å². The number of alkyl carbamates (subject to hydrolysis) is 1. The molecular formula is C59H73N5O13. The third-order valence-electron chi connectivity index (χ3n) is 15.2. The van der Waals surface area contributed by atoms with Crippen LogP contribution in [0.25, 0.3) is 33.6 Å². The molecule has 0 spiro atoms. The summed E-state index contributed by atoms with van der Waals surface area (Å²) >= 11 is 0. The summed E-state index contributed by atoms with van der Waals surface area (Å²) in [4.78, 5) is 70.2. The summed E-state index contributed by atoms with van der Waals surface area (Å²) in [7, 11) is 3.00. The van der Waals surface area contributed by atoms with E-state index in [0.717, 1.165) is 27.8 Å². The number of ketones is 3. The van der Waals surface area contributed by atoms with Gasteiger partial charge in [-0.05, 0) is 97.9 Å². The van der Waals surface area contributed by atoms with Gasteiger partial charge in [-0.3, -0.25) is 19.2 Å². The summed E-state index contributed by atoms with van der Waals surface area (Å²) in [5.74, 6) is -1.21. The molecule has 2 heterocycles. The predicted octanol–water partition coefficient (Wildman–Crippen LogP) is 7.10. The van der Waals surface area contributed by atoms with Crippen LogP contribution in [-0.4, -0.2) is 145 Å². The second kappa shape index (κ2) is 27.7. The van der Waals surface area contributed by atoms with Gasteiger partial charge in [0.1, 0.15) is 18.1 Å². The Balaban J connectivity index is 1.11. The maximum Gasteiger partial charge on any atom is 0.406 e. The van der Waals surface area contributed by atoms with Crippen molar-refractivity contribution in [1.29, 1.82) is 0 Å². The van der Waals surface area contributed by atoms with Crippen LogP contribution in [0.2, 0.25) is 0 Å². The smallest absolute Gasteiger partial charge is 0.406 e. The maximum absolute atomic E-state index is 15.0. The van der Waals surface area contributed by atoms with Gasteiger partial charge in [0.15, 0.2) is 11.6 Å². The lowest BCUT2D eigenvalue weighted by atomic mass is 9.72. The van der Waals surface area contributed by atoms with E-state index >= 15 is 0 Å². The van der Waals surface area contributed by atoms with E-state index in [2.05, 4.69) is 15.6 Å². The van der Waals surface area contributed by atoms with Gasteiger partial charge in [-0.25, -0.2) is 9.48 Å². The summed E-state index contributed by atoms with van der Waals surface area (Å²) < 4.78 is 24.3. The van der Waals surface area contributed by atoms with Gasteiger partial charge in [-0.15, -0.1) is 5.10 Å². The quantitative estimate of drug-likeness (QED) is 0.0219. The van der Waals surface area contributed by atoms with Gasteiger partial charge >= 0.3 is 6.09 Å². The number of anilines is 1. The molecule has 7 rings (SSSR count). The van der Waals surface area contributed by atoms with E-state index in [4.69, 9.17) is 18.9 Å². The first-order valence-electron chi connectivity index (χ1n) is 26.7. The highest BCUT2D eigenvalue weighted by Crippen LogP contribution is 2.48. The third-order valence-corrected chi connectivity index (χ3v) is 15.2. The molecule has 18 nitrogen and oxygen atoms in total. The van der Waals surface area contributed by atoms with Crippen LogP contribution in [0, 0.1) is 10.8 Å². The van der Waals surface area contributed by atoms with E-state index in [9.17, 15) is 44.4 Å². The number of benzene rings is 4. The Kier molecular flexibility index (Phi) is 20.9. The number of aromatic nitrogens is 3. The Bertz CT molecular complexity index is 2830. The van der Waals surface area contributed by atoms with Gasteiger partial charge < -0.3 is 49.6 Å². The zero-order valence-electron chi connectivity index (χ0n) is 44.5. The van der Waals surface area contributed by atoms with Crippen LogP contribution in [0.1, 0.15) is 114 Å². The first-order chi connectivity index (χ1) is 37.4. The number of nitrogens with one attached hydrogen (secondary N) is 1. The number of carbonyl (C=O) groups is 5. The predicted molar refractivity (Wildman–Crippen MR) is 288 cm³/mol. The largest absolute Gasteiger partial charge is 0.449 e. The van der Waals surface area contributed by atoms with Crippen LogP contribution in [-0.2, 0) is 41.6 Å². The van der Waals surface area contributed by atoms with Crippen LogP contribution >= 0.6 is 0 Å². The molecule has 1 atom stereocenters. The molecule has 77 heavy (non-hydrogen) atoms. The Morgan fingerprint density at radius 2 is 1.26 bits per heavy atom. The Hall–Kier alpha value is -6.51. The lowest BCUT2D eigenvalue weighted by Crippen LogP contribution is -2.35. The number of aliphatic hydroxyl groups excluding tert-OH is 4. The van der Waals surface area contributed by atoms with Crippen molar-refractivity contribution in [3.05, 3.63) is 113 Å². The zero-order chi connectivity index (χ0) is 55.0. The van der Waals surface area contributed by atoms with E-state index < -0.39 is 22.8 Å². The number of aliphatic hydroxyl groups is 4. The van der Waals surface area contributed by atoms with Crippen LogP contribution in [0.3, 0.4) is 0 Å². The van der Waals surface area contributed by atoms with Crippen LogP contribution in [0.4, 0.5) is 10.5 Å². The summed E-state index contributed by atoms with van der Waals surface area (Å²) in [5, 5.41) is 52.9. The first-order valence-corrected chi connectivity index (χ1v) is 26.7. The number of rotatable bonds is 31. The van der Waals surface area contributed by atoms with Crippen LogP contribution < -0.4 is 10.2 Å². The second-order valence-corrected chi connectivity index (χ2v) is 19.7. The van der Waals surface area contributed by atoms with E-state index in [-0.39, 0.29) is 128 Å². The van der Waals surface area contributed by atoms with Crippen molar-refractivity contribution in [2.45, 2.75) is 90.1 Å². The number of amides is 2. The highest BCUT2D eigenvalue weighted by Gasteiger charge is 2.41. The Labute approximate surface area is 449 Å². The monoisotopic (exact) mass is 1060 g/mol. The zero-order valence-corrected chi connectivity index (χ0v) is 44.5. The van der Waals surface area contributed by atoms with E-state index in [0.29, 0.717) is 78.4 Å². The van der Waals surface area contributed by atoms with Gasteiger partial charge in [0.05, 0.1) is 37.7 Å². The fourth-order valence-electron chi connectivity index (χ4n) is 11.0. The minimum atomic E-state index is -1.24. The maximum atomic E-state index is 15.0. The molecule has 2 aliphatic rings. The molecule has 4 aromatic carbocycles. The summed E-state index contributed by atoms with van der Waals surface area (Å²) in [6.45, 7) is 2.39. The Morgan fingerprint density at radius 1 is 0.675 bits per heavy atom. The molecule has 0 radical (unpaired) electrons. The van der Waals surface area contributed by atoms with Gasteiger partial charge in [0.2, 0.25) is 5.91 Å². The van der Waals surface area contributed by atoms with Crippen molar-refractivity contribution < 1.29 is 63.3 Å². The third kappa shape index (κ3) is 13.3. The number of para-hydroxylation sites is 1. The Morgan fingerprint density at radius 3 is 1.84 bits per heavy atom. The van der Waals surface area contributed by atoms with E-state index in [1.165, 1.54) is 7.05 Å². The number of hydrogen-bond donors (Lipinski definition) is 5. The molecule has 1 unspecified atom stereocenters. The molecule has 0 bridgehead atoms. The summed E-state index contributed by atoms with van der Waals surface area (Å²) in [6, 6.07) is 26.0. The number of fused-ring (bicyclic) bond motifs is 8. The number of nitrogens with zero attached hydrogens (tertiary/aromatic N) is 4. The molecule has 0 saturated heterocycles. The molecule has 18 heteroatoms. The highest BCUT2D eigenvalue weighted by atomic mass is 16.5. The summed E-state index contributed by atoms with van der Waals surface area (Å²) in [6.07, 6.45) is 1.30. The normalized spacial score (nSPS) is 13.6. The summed E-state index contributed by atoms with van der Waals surface area (Å²) in [5.41, 5.74) is 5.82. The standard InChI is InChI=1S/C59H73N5O13/c1-4-75-33-25-58(21-28-65,22-29-66)55(71)40-16-18-45-46-19-17-41(37-49(46)50(48(45)36-40)39-77-57(73)60-2)56(72)59(23-30-67,24-31-68)26-34-76-35-27-64-54-47-13-7-8-14-51(47)63(52(70)15-9-11-43(69)20-32-74-3)38-42-10-5-6-12-44(42)53(54)61-62-64/h5-8,10,12-14,16-19,36-37,50,65-68H,4,9,11,15,20-35,38-39H2,1-3H3,(H,60,73). The minimum absolute atomic E-state index is 0.0423. The topological polar surface area (TPSA) is 249 Å². The van der Waals surface area contributed by atoms with Crippen molar-refractivity contribution in [2.24, 2.45) is 10.8 Å². The van der Waals surface area contributed by atoms with Crippen molar-refractivity contribution in [3.8, 4) is 33.6 Å². The number of methoxy groups -OCH3 is 1. The molecule has 2 amide bonds. The fourth-order valence-corrected chi connectivity index (χ4v) is 11.0. The van der Waals surface area contributed by atoms with E-state index in [1.54, 1.807) is 41.0 Å². The SMILES string of the molecule is CCOCCC(CCO)(CCO)C(=O)c1ccc2c(c1)C(COC(=O)NC)c1cc(C(=O)C(CCO)(CCO)CCOCCn3nnc4c3-c3ccccc3N(C(=O)CCCC(=O)CCOC)Cc3ccccc3-4)ccc1-2. The van der Waals surface area contributed by atoms with Crippen molar-refractivity contribution in [3.63, 3.8) is 0 Å². The lowest BCUT2D eigenvalue weighted by Gasteiger charge is -2.32. The molecule has 5 aromatic rings. The lowest BCUT2D eigenvalue weighted by molar-refractivity contribution is -0.120.